The zero-order chi connectivity index (χ0) is 13.8. The van der Waals surface area contributed by atoms with Crippen molar-refractivity contribution in [3.63, 3.8) is 0 Å². The third-order valence-electron chi connectivity index (χ3n) is 3.35. The first-order valence-corrected chi connectivity index (χ1v) is 7.74. The fourth-order valence-corrected chi connectivity index (χ4v) is 2.22. The van der Waals surface area contributed by atoms with Crippen molar-refractivity contribution in [3.05, 3.63) is 25.0 Å². The van der Waals surface area contributed by atoms with Gasteiger partial charge in [-0.05, 0) is 6.42 Å². The highest BCUT2D eigenvalue weighted by molar-refractivity contribution is 5.25. The number of hydrogen-bond acceptors (Lipinski definition) is 2. The van der Waals surface area contributed by atoms with E-state index in [0.29, 0.717) is 0 Å². The molecule has 0 aromatic carbocycles. The molecule has 1 N–H and O–H groups in total. The highest BCUT2D eigenvalue weighted by Gasteiger charge is 1.99. The molecule has 0 aliphatic heterocycles. The normalized spacial score (nSPS) is 10.6. The van der Waals surface area contributed by atoms with E-state index in [-0.39, 0.29) is 0 Å². The minimum Gasteiger partial charge on any atom is -0.356 e. The van der Waals surface area contributed by atoms with Crippen molar-refractivity contribution in [1.82, 2.24) is 9.55 Å². The lowest BCUT2D eigenvalue weighted by atomic mass is 10.1. The van der Waals surface area contributed by atoms with Gasteiger partial charge < -0.3 is 9.88 Å². The fourth-order valence-electron chi connectivity index (χ4n) is 2.22. The maximum Gasteiger partial charge on any atom is 0.203 e. The van der Waals surface area contributed by atoms with Crippen LogP contribution in [-0.2, 0) is 6.54 Å². The molecule has 0 unspecified atom stereocenters. The molecular formula is C16H29N3. The average molecular weight is 263 g/mol. The summed E-state index contributed by atoms with van der Waals surface area (Å²) in [7, 11) is 0. The first-order valence-electron chi connectivity index (χ1n) is 7.74. The Morgan fingerprint density at radius 2 is 1.84 bits per heavy atom. The summed E-state index contributed by atoms with van der Waals surface area (Å²) in [4.78, 5) is 4.31. The Labute approximate surface area is 118 Å². The van der Waals surface area contributed by atoms with Crippen molar-refractivity contribution in [2.45, 2.75) is 64.8 Å². The molecule has 0 aliphatic carbocycles. The Morgan fingerprint density at radius 3 is 2.53 bits per heavy atom. The molecule has 0 saturated heterocycles. The molecule has 1 heterocycles. The summed E-state index contributed by atoms with van der Waals surface area (Å²) in [5.74, 6) is 0.961. The van der Waals surface area contributed by atoms with E-state index in [2.05, 4.69) is 28.4 Å². The smallest absolute Gasteiger partial charge is 0.203 e. The summed E-state index contributed by atoms with van der Waals surface area (Å²) in [5, 5.41) is 3.39. The van der Waals surface area contributed by atoms with Crippen molar-refractivity contribution < 1.29 is 0 Å². The van der Waals surface area contributed by atoms with Crippen molar-refractivity contribution in [1.29, 1.82) is 0 Å². The van der Waals surface area contributed by atoms with Crippen molar-refractivity contribution in [2.75, 3.05) is 11.9 Å². The van der Waals surface area contributed by atoms with Gasteiger partial charge in [-0.3, -0.25) is 0 Å². The van der Waals surface area contributed by atoms with Crippen LogP contribution in [0.25, 0.3) is 0 Å². The monoisotopic (exact) mass is 263 g/mol. The van der Waals surface area contributed by atoms with Gasteiger partial charge in [0.1, 0.15) is 0 Å². The molecule has 3 nitrogen and oxygen atoms in total. The van der Waals surface area contributed by atoms with E-state index in [4.69, 9.17) is 0 Å². The lowest BCUT2D eigenvalue weighted by molar-refractivity contribution is 0.580. The van der Waals surface area contributed by atoms with Crippen LogP contribution >= 0.6 is 0 Å². The predicted molar refractivity (Wildman–Crippen MR) is 83.5 cm³/mol. The highest BCUT2D eigenvalue weighted by Crippen LogP contribution is 2.09. The third kappa shape index (κ3) is 7.04. The second-order valence-corrected chi connectivity index (χ2v) is 5.09. The van der Waals surface area contributed by atoms with Crippen LogP contribution in [-0.4, -0.2) is 16.1 Å². The summed E-state index contributed by atoms with van der Waals surface area (Å²) in [5.41, 5.74) is 0. The molecule has 19 heavy (non-hydrogen) atoms. The number of hydrogen-bond donors (Lipinski definition) is 1. The topological polar surface area (TPSA) is 29.9 Å². The van der Waals surface area contributed by atoms with Crippen LogP contribution in [0.2, 0.25) is 0 Å². The van der Waals surface area contributed by atoms with Crippen LogP contribution in [0, 0.1) is 0 Å². The third-order valence-corrected chi connectivity index (χ3v) is 3.35. The summed E-state index contributed by atoms with van der Waals surface area (Å²) in [6.07, 6.45) is 16.6. The second-order valence-electron chi connectivity index (χ2n) is 5.09. The van der Waals surface area contributed by atoms with Crippen LogP contribution in [0.3, 0.4) is 0 Å². The summed E-state index contributed by atoms with van der Waals surface area (Å²) in [6.45, 7) is 7.85. The van der Waals surface area contributed by atoms with E-state index < -0.39 is 0 Å². The van der Waals surface area contributed by atoms with Gasteiger partial charge in [-0.1, -0.05) is 57.9 Å². The SMILES string of the molecule is C=CCn1ccnc1NCCCCCCCCCC. The lowest BCUT2D eigenvalue weighted by Gasteiger charge is -2.07. The van der Waals surface area contributed by atoms with Crippen molar-refractivity contribution in [3.8, 4) is 0 Å². The Balaban J connectivity index is 1.98. The standard InChI is InChI=1S/C16H29N3/c1-3-5-6-7-8-9-10-11-12-17-16-18-13-15-19(16)14-4-2/h4,13,15H,2-3,5-12,14H2,1H3,(H,17,18). The van der Waals surface area contributed by atoms with Crippen LogP contribution in [0.1, 0.15) is 58.3 Å². The minimum atomic E-state index is 0.819. The highest BCUT2D eigenvalue weighted by atomic mass is 15.2. The zero-order valence-corrected chi connectivity index (χ0v) is 12.4. The number of allylic oxidation sites excluding steroid dienone is 1. The maximum atomic E-state index is 4.31. The quantitative estimate of drug-likeness (QED) is 0.440. The molecule has 0 amide bonds. The van der Waals surface area contributed by atoms with Crippen LogP contribution in [0.4, 0.5) is 5.95 Å². The van der Waals surface area contributed by atoms with Crippen LogP contribution in [0.15, 0.2) is 25.0 Å². The number of rotatable bonds is 12. The second kappa shape index (κ2) is 10.7. The number of nitrogens with zero attached hydrogens (tertiary/aromatic N) is 2. The molecule has 0 atom stereocenters. The summed E-state index contributed by atoms with van der Waals surface area (Å²) >= 11 is 0. The lowest BCUT2D eigenvalue weighted by Crippen LogP contribution is -2.08. The molecule has 0 radical (unpaired) electrons. The summed E-state index contributed by atoms with van der Waals surface area (Å²) < 4.78 is 2.08. The molecule has 0 fully saturated rings. The number of unbranched alkanes of at least 4 members (excludes halogenated alkanes) is 7. The van der Waals surface area contributed by atoms with Gasteiger partial charge in [0.25, 0.3) is 0 Å². The first-order chi connectivity index (χ1) is 9.38. The van der Waals surface area contributed by atoms with Gasteiger partial charge in [0, 0.05) is 25.5 Å². The minimum absolute atomic E-state index is 0.819. The molecule has 108 valence electrons. The molecule has 3 heteroatoms. The molecular weight excluding hydrogens is 234 g/mol. The molecule has 0 bridgehead atoms. The number of anilines is 1. The number of aromatic nitrogens is 2. The Hall–Kier alpha value is -1.25. The number of imidazole rings is 1. The zero-order valence-electron chi connectivity index (χ0n) is 12.4. The molecule has 1 aromatic rings. The predicted octanol–water partition coefficient (Wildman–Crippen LogP) is 4.62. The van der Waals surface area contributed by atoms with Crippen LogP contribution < -0.4 is 5.32 Å². The largest absolute Gasteiger partial charge is 0.356 e. The van der Waals surface area contributed by atoms with E-state index >= 15 is 0 Å². The van der Waals surface area contributed by atoms with Gasteiger partial charge in [0.2, 0.25) is 5.95 Å². The molecule has 1 aromatic heterocycles. The van der Waals surface area contributed by atoms with Crippen molar-refractivity contribution >= 4 is 5.95 Å². The van der Waals surface area contributed by atoms with E-state index in [1.165, 1.54) is 51.4 Å². The van der Waals surface area contributed by atoms with Gasteiger partial charge in [0.05, 0.1) is 0 Å². The van der Waals surface area contributed by atoms with Gasteiger partial charge in [-0.25, -0.2) is 4.98 Å². The number of nitrogens with one attached hydrogen (secondary N) is 1. The maximum absolute atomic E-state index is 4.31. The van der Waals surface area contributed by atoms with Gasteiger partial charge in [-0.2, -0.15) is 0 Å². The molecule has 0 saturated carbocycles. The van der Waals surface area contributed by atoms with Crippen molar-refractivity contribution in [2.24, 2.45) is 0 Å². The first kappa shape index (κ1) is 15.8. The molecule has 0 spiro atoms. The van der Waals surface area contributed by atoms with E-state index in [1.54, 1.807) is 0 Å². The van der Waals surface area contributed by atoms with E-state index in [0.717, 1.165) is 19.0 Å². The Kier molecular flexibility index (Phi) is 8.86. The van der Waals surface area contributed by atoms with Gasteiger partial charge in [0.15, 0.2) is 0 Å². The Bertz CT molecular complexity index is 330. The fraction of sp³-hybridized carbons (Fsp3) is 0.688. The van der Waals surface area contributed by atoms with Gasteiger partial charge in [-0.15, -0.1) is 6.58 Å². The van der Waals surface area contributed by atoms with E-state index in [1.807, 2.05) is 18.5 Å². The Morgan fingerprint density at radius 1 is 1.16 bits per heavy atom. The van der Waals surface area contributed by atoms with Gasteiger partial charge >= 0.3 is 0 Å². The summed E-state index contributed by atoms with van der Waals surface area (Å²) in [6, 6.07) is 0. The average Bonchev–Trinajstić information content (AvgIpc) is 2.85. The molecule has 1 rings (SSSR count). The van der Waals surface area contributed by atoms with E-state index in [9.17, 15) is 0 Å². The van der Waals surface area contributed by atoms with Crippen LogP contribution in [0.5, 0.6) is 0 Å². The molecule has 0 aliphatic rings.